The lowest BCUT2D eigenvalue weighted by atomic mass is 9.95. The molecule has 0 spiro atoms. The smallest absolute Gasteiger partial charge is 0.224 e. The molecule has 2 aromatic heterocycles. The van der Waals surface area contributed by atoms with Crippen LogP contribution in [-0.2, 0) is 4.79 Å². The summed E-state index contributed by atoms with van der Waals surface area (Å²) in [5, 5.41) is 26.1. The predicted octanol–water partition coefficient (Wildman–Crippen LogP) is 2.55. The third kappa shape index (κ3) is 4.04. The monoisotopic (exact) mass is 447 g/mol. The minimum absolute atomic E-state index is 0.148. The number of amides is 1. The number of aromatic hydroxyl groups is 1. The Morgan fingerprint density at radius 3 is 2.58 bits per heavy atom. The van der Waals surface area contributed by atoms with Crippen molar-refractivity contribution in [3.05, 3.63) is 42.7 Å². The highest BCUT2D eigenvalue weighted by Gasteiger charge is 2.44. The molecule has 3 atom stereocenters. The van der Waals surface area contributed by atoms with E-state index in [9.17, 15) is 9.90 Å². The minimum Gasteiger partial charge on any atom is -0.507 e. The Balaban J connectivity index is 1.29. The number of rotatable bonds is 6. The molecule has 2 aliphatic rings. The molecular weight excluding hydrogens is 418 g/mol. The van der Waals surface area contributed by atoms with Gasteiger partial charge in [0.1, 0.15) is 5.75 Å². The molecule has 0 aliphatic carbocycles. The first-order chi connectivity index (χ1) is 16.0. The van der Waals surface area contributed by atoms with E-state index in [1.807, 2.05) is 31.3 Å². The summed E-state index contributed by atoms with van der Waals surface area (Å²) in [4.78, 5) is 16.7. The molecule has 2 saturated heterocycles. The topological polar surface area (TPSA) is 124 Å². The molecule has 2 fully saturated rings. The third-order valence-electron chi connectivity index (χ3n) is 7.02. The molecular formula is C24H29N7O2. The average molecular weight is 448 g/mol. The molecule has 5 rings (SSSR count). The van der Waals surface area contributed by atoms with E-state index < -0.39 is 0 Å². The van der Waals surface area contributed by atoms with E-state index in [0.29, 0.717) is 30.3 Å². The maximum Gasteiger partial charge on any atom is 0.224 e. The Morgan fingerprint density at radius 2 is 1.97 bits per heavy atom. The molecule has 1 amide bonds. The van der Waals surface area contributed by atoms with Gasteiger partial charge in [0.05, 0.1) is 11.9 Å². The largest absolute Gasteiger partial charge is 0.507 e. The fourth-order valence-electron chi connectivity index (χ4n) is 5.30. The molecule has 4 N–H and O–H groups in total. The van der Waals surface area contributed by atoms with Crippen LogP contribution in [0.2, 0.25) is 0 Å². The molecule has 2 aliphatic heterocycles. The summed E-state index contributed by atoms with van der Waals surface area (Å²) in [7, 11) is 2.04. The summed E-state index contributed by atoms with van der Waals surface area (Å²) in [5.74, 6) is 1.13. The highest BCUT2D eigenvalue weighted by Crippen LogP contribution is 2.39. The van der Waals surface area contributed by atoms with E-state index in [0.717, 1.165) is 42.6 Å². The summed E-state index contributed by atoms with van der Waals surface area (Å²) in [5.41, 5.74) is 8.63. The zero-order valence-corrected chi connectivity index (χ0v) is 18.7. The van der Waals surface area contributed by atoms with Crippen molar-refractivity contribution in [2.45, 2.75) is 50.2 Å². The van der Waals surface area contributed by atoms with Crippen molar-refractivity contribution in [3.63, 3.8) is 0 Å². The number of hydrogen-bond donors (Lipinski definition) is 3. The number of hydrogen-bond acceptors (Lipinski definition) is 7. The molecule has 0 saturated carbocycles. The molecule has 2 bridgehead atoms. The number of fused-ring (bicyclic) bond motifs is 2. The molecule has 1 aromatic carbocycles. The van der Waals surface area contributed by atoms with Crippen LogP contribution in [0.5, 0.6) is 5.75 Å². The van der Waals surface area contributed by atoms with E-state index >= 15 is 0 Å². The number of nitrogens with two attached hydrogens (primary N) is 1. The SMILES string of the molecule is CN(c1ccc(-c2ccc(-c3cn[nH]c3)cc2O)nn1)C1C[C@H]2CC[C@@H](C1)N2C(=O)CCN. The van der Waals surface area contributed by atoms with Gasteiger partial charge in [-0.3, -0.25) is 9.89 Å². The van der Waals surface area contributed by atoms with Gasteiger partial charge in [-0.25, -0.2) is 0 Å². The second-order valence-electron chi connectivity index (χ2n) is 8.96. The average Bonchev–Trinajstić information content (AvgIpc) is 3.45. The highest BCUT2D eigenvalue weighted by molar-refractivity contribution is 5.77. The fraction of sp³-hybridized carbons (Fsp3) is 0.417. The molecule has 0 radical (unpaired) electrons. The van der Waals surface area contributed by atoms with Crippen LogP contribution in [-0.4, -0.2) is 68.0 Å². The molecule has 33 heavy (non-hydrogen) atoms. The van der Waals surface area contributed by atoms with Crippen molar-refractivity contribution in [3.8, 4) is 28.1 Å². The highest BCUT2D eigenvalue weighted by atomic mass is 16.3. The number of nitrogens with one attached hydrogen (secondary N) is 1. The van der Waals surface area contributed by atoms with Crippen LogP contribution in [0.1, 0.15) is 32.1 Å². The normalized spacial score (nSPS) is 21.9. The van der Waals surface area contributed by atoms with Crippen molar-refractivity contribution in [1.82, 2.24) is 25.3 Å². The van der Waals surface area contributed by atoms with Crippen LogP contribution in [0.3, 0.4) is 0 Å². The van der Waals surface area contributed by atoms with Crippen molar-refractivity contribution >= 4 is 11.7 Å². The standard InChI is InChI=1S/C24H29N7O2/c1-30(19-11-17-3-4-18(12-19)31(17)24(33)8-9-25)23-7-6-21(28-29-23)20-5-2-15(10-22(20)32)16-13-26-27-14-16/h2,5-7,10,13-14,17-19,32H,3-4,8-9,11-12,25H2,1H3,(H,26,27)/t17-,18+,19?. The molecule has 9 nitrogen and oxygen atoms in total. The lowest BCUT2D eigenvalue weighted by molar-refractivity contribution is -0.135. The summed E-state index contributed by atoms with van der Waals surface area (Å²) < 4.78 is 0. The van der Waals surface area contributed by atoms with Crippen LogP contribution in [0.4, 0.5) is 5.82 Å². The van der Waals surface area contributed by atoms with Gasteiger partial charge in [-0.2, -0.15) is 5.10 Å². The number of nitrogens with zero attached hydrogens (tertiary/aromatic N) is 5. The molecule has 1 unspecified atom stereocenters. The van der Waals surface area contributed by atoms with Crippen LogP contribution < -0.4 is 10.6 Å². The molecule has 3 aromatic rings. The first kappa shape index (κ1) is 21.4. The van der Waals surface area contributed by atoms with Crippen molar-refractivity contribution in [2.24, 2.45) is 5.73 Å². The summed E-state index contributed by atoms with van der Waals surface area (Å²) >= 11 is 0. The summed E-state index contributed by atoms with van der Waals surface area (Å²) in [6.45, 7) is 0.404. The van der Waals surface area contributed by atoms with Gasteiger partial charge in [0, 0.05) is 55.5 Å². The summed E-state index contributed by atoms with van der Waals surface area (Å²) in [6, 6.07) is 10.2. The number of phenols is 1. The molecule has 4 heterocycles. The van der Waals surface area contributed by atoms with Gasteiger partial charge in [0.25, 0.3) is 0 Å². The van der Waals surface area contributed by atoms with E-state index in [4.69, 9.17) is 5.73 Å². The van der Waals surface area contributed by atoms with E-state index in [1.165, 1.54) is 0 Å². The van der Waals surface area contributed by atoms with Crippen LogP contribution in [0.25, 0.3) is 22.4 Å². The molecule has 9 heteroatoms. The van der Waals surface area contributed by atoms with Gasteiger partial charge in [-0.15, -0.1) is 10.2 Å². The van der Waals surface area contributed by atoms with Gasteiger partial charge < -0.3 is 20.6 Å². The Kier molecular flexibility index (Phi) is 5.72. The number of aromatic nitrogens is 4. The van der Waals surface area contributed by atoms with Crippen LogP contribution >= 0.6 is 0 Å². The lowest BCUT2D eigenvalue weighted by Crippen LogP contribution is -2.52. The van der Waals surface area contributed by atoms with Crippen LogP contribution in [0.15, 0.2) is 42.7 Å². The van der Waals surface area contributed by atoms with Crippen molar-refractivity contribution < 1.29 is 9.90 Å². The van der Waals surface area contributed by atoms with Gasteiger partial charge in [-0.1, -0.05) is 6.07 Å². The van der Waals surface area contributed by atoms with E-state index in [-0.39, 0.29) is 23.7 Å². The second-order valence-corrected chi connectivity index (χ2v) is 8.96. The number of phenolic OH excluding ortho intramolecular Hbond substituents is 1. The van der Waals surface area contributed by atoms with E-state index in [2.05, 4.69) is 30.2 Å². The first-order valence-corrected chi connectivity index (χ1v) is 11.5. The first-order valence-electron chi connectivity index (χ1n) is 11.5. The maximum absolute atomic E-state index is 12.5. The third-order valence-corrected chi connectivity index (χ3v) is 7.02. The number of H-pyrrole nitrogens is 1. The van der Waals surface area contributed by atoms with Crippen LogP contribution in [0, 0.1) is 0 Å². The number of carbonyl (C=O) groups is 1. The Labute approximate surface area is 192 Å². The Bertz CT molecular complexity index is 1100. The van der Waals surface area contributed by atoms with Crippen molar-refractivity contribution in [1.29, 1.82) is 0 Å². The molecule has 172 valence electrons. The zero-order chi connectivity index (χ0) is 22.9. The maximum atomic E-state index is 12.5. The number of aromatic amines is 1. The van der Waals surface area contributed by atoms with Gasteiger partial charge >= 0.3 is 0 Å². The van der Waals surface area contributed by atoms with Gasteiger partial charge in [0.15, 0.2) is 5.82 Å². The number of piperidine rings is 1. The Hall–Kier alpha value is -3.46. The van der Waals surface area contributed by atoms with Gasteiger partial charge in [-0.05, 0) is 55.5 Å². The fourth-order valence-corrected chi connectivity index (χ4v) is 5.30. The van der Waals surface area contributed by atoms with Gasteiger partial charge in [0.2, 0.25) is 5.91 Å². The number of carbonyl (C=O) groups excluding carboxylic acids is 1. The summed E-state index contributed by atoms with van der Waals surface area (Å²) in [6.07, 6.45) is 7.91. The zero-order valence-electron chi connectivity index (χ0n) is 18.7. The van der Waals surface area contributed by atoms with Crippen molar-refractivity contribution in [2.75, 3.05) is 18.5 Å². The number of anilines is 1. The number of benzene rings is 1. The second kappa shape index (κ2) is 8.82. The Morgan fingerprint density at radius 1 is 1.18 bits per heavy atom. The quantitative estimate of drug-likeness (QED) is 0.530. The minimum atomic E-state index is 0.148. The lowest BCUT2D eigenvalue weighted by Gasteiger charge is -2.42. The predicted molar refractivity (Wildman–Crippen MR) is 125 cm³/mol. The van der Waals surface area contributed by atoms with E-state index in [1.54, 1.807) is 18.5 Å².